The van der Waals surface area contributed by atoms with E-state index >= 15 is 0 Å². The number of rotatable bonds is 3. The summed E-state index contributed by atoms with van der Waals surface area (Å²) in [6, 6.07) is 5.02. The smallest absolute Gasteiger partial charge is 0.225 e. The van der Waals surface area contributed by atoms with Crippen LogP contribution >= 0.6 is 23.1 Å². The minimum Gasteiger partial charge on any atom is -0.225 e. The molecule has 1 aromatic carbocycles. The Morgan fingerprint density at radius 1 is 1.35 bits per heavy atom. The largest absolute Gasteiger partial charge is 0.282 e. The average molecular weight is 293 g/mol. The fourth-order valence-electron chi connectivity index (χ4n) is 1.16. The third-order valence-electron chi connectivity index (χ3n) is 1.92. The standard InChI is InChI=1S/C9H6ClFN2O2S2/c10-13(9-5-16-6-12-9)17(14,15)8-4-2-1-3-7(8)11/h1-6H. The van der Waals surface area contributed by atoms with E-state index < -0.39 is 20.7 Å². The maximum absolute atomic E-state index is 13.4. The van der Waals surface area contributed by atoms with Gasteiger partial charge in [-0.1, -0.05) is 12.1 Å². The van der Waals surface area contributed by atoms with Gasteiger partial charge in [-0.3, -0.25) is 0 Å². The lowest BCUT2D eigenvalue weighted by molar-refractivity contribution is 0.568. The van der Waals surface area contributed by atoms with Crippen molar-refractivity contribution in [2.75, 3.05) is 3.82 Å². The number of nitrogens with zero attached hydrogens (tertiary/aromatic N) is 2. The maximum Gasteiger partial charge on any atom is 0.282 e. The van der Waals surface area contributed by atoms with Crippen LogP contribution in [0, 0.1) is 5.82 Å². The third-order valence-corrected chi connectivity index (χ3v) is 4.71. The Labute approximate surface area is 106 Å². The van der Waals surface area contributed by atoms with Gasteiger partial charge in [-0.05, 0) is 12.1 Å². The fraction of sp³-hybridized carbons (Fsp3) is 0. The lowest BCUT2D eigenvalue weighted by atomic mass is 10.4. The summed E-state index contributed by atoms with van der Waals surface area (Å²) in [5, 5.41) is 1.45. The Hall–Kier alpha value is -1.18. The average Bonchev–Trinajstić information content (AvgIpc) is 2.81. The predicted molar refractivity (Wildman–Crippen MR) is 64.0 cm³/mol. The second-order valence-corrected chi connectivity index (χ2v) is 6.01. The first-order chi connectivity index (χ1) is 8.03. The van der Waals surface area contributed by atoms with Crippen LogP contribution in [-0.2, 0) is 10.0 Å². The molecule has 0 amide bonds. The van der Waals surface area contributed by atoms with E-state index in [0.29, 0.717) is 3.82 Å². The molecule has 4 nitrogen and oxygen atoms in total. The third kappa shape index (κ3) is 2.26. The lowest BCUT2D eigenvalue weighted by Crippen LogP contribution is -2.22. The summed E-state index contributed by atoms with van der Waals surface area (Å²) in [5.41, 5.74) is 1.43. The van der Waals surface area contributed by atoms with Crippen LogP contribution in [0.1, 0.15) is 0 Å². The summed E-state index contributed by atoms with van der Waals surface area (Å²) >= 11 is 6.86. The quantitative estimate of drug-likeness (QED) is 0.817. The van der Waals surface area contributed by atoms with Gasteiger partial charge >= 0.3 is 0 Å². The Bertz CT molecular complexity index is 616. The van der Waals surface area contributed by atoms with Crippen LogP contribution in [-0.4, -0.2) is 13.4 Å². The lowest BCUT2D eigenvalue weighted by Gasteiger charge is -2.13. The van der Waals surface area contributed by atoms with Gasteiger partial charge in [-0.25, -0.2) is 9.37 Å². The maximum atomic E-state index is 13.4. The predicted octanol–water partition coefficient (Wildman–Crippen LogP) is 2.63. The summed E-state index contributed by atoms with van der Waals surface area (Å²) in [7, 11) is -4.12. The molecule has 0 aliphatic carbocycles. The molecule has 0 aliphatic heterocycles. The zero-order valence-corrected chi connectivity index (χ0v) is 10.6. The van der Waals surface area contributed by atoms with Gasteiger partial charge in [0.1, 0.15) is 10.7 Å². The number of sulfonamides is 1. The molecule has 0 unspecified atom stereocenters. The number of halogens is 2. The van der Waals surface area contributed by atoms with Crippen molar-refractivity contribution < 1.29 is 12.8 Å². The molecule has 0 spiro atoms. The molecule has 0 saturated carbocycles. The Kier molecular flexibility index (Phi) is 3.32. The van der Waals surface area contributed by atoms with E-state index in [4.69, 9.17) is 11.8 Å². The van der Waals surface area contributed by atoms with Crippen LogP contribution in [0.2, 0.25) is 0 Å². The molecule has 0 saturated heterocycles. The highest BCUT2D eigenvalue weighted by Crippen LogP contribution is 2.26. The van der Waals surface area contributed by atoms with E-state index in [0.717, 1.165) is 12.1 Å². The van der Waals surface area contributed by atoms with Crippen molar-refractivity contribution in [2.45, 2.75) is 4.90 Å². The molecular weight excluding hydrogens is 287 g/mol. The van der Waals surface area contributed by atoms with Crippen LogP contribution in [0.15, 0.2) is 40.1 Å². The molecule has 0 fully saturated rings. The molecule has 0 atom stereocenters. The molecule has 1 aromatic heterocycles. The van der Waals surface area contributed by atoms with Crippen LogP contribution in [0.25, 0.3) is 0 Å². The highest BCUT2D eigenvalue weighted by Gasteiger charge is 2.27. The molecule has 0 aliphatic rings. The minimum atomic E-state index is -4.12. The molecule has 17 heavy (non-hydrogen) atoms. The molecule has 1 heterocycles. The van der Waals surface area contributed by atoms with E-state index in [-0.39, 0.29) is 5.82 Å². The number of aromatic nitrogens is 1. The van der Waals surface area contributed by atoms with Gasteiger partial charge in [0.25, 0.3) is 10.0 Å². The van der Waals surface area contributed by atoms with Gasteiger partial charge in [-0.2, -0.15) is 12.2 Å². The normalized spacial score (nSPS) is 11.4. The second kappa shape index (κ2) is 4.59. The first-order valence-electron chi connectivity index (χ1n) is 4.37. The molecule has 2 rings (SSSR count). The number of benzene rings is 1. The van der Waals surface area contributed by atoms with Crippen molar-refractivity contribution in [1.29, 1.82) is 0 Å². The van der Waals surface area contributed by atoms with Gasteiger partial charge in [0.15, 0.2) is 5.82 Å². The summed E-state index contributed by atoms with van der Waals surface area (Å²) in [6.45, 7) is 0. The second-order valence-electron chi connectivity index (χ2n) is 3.00. The number of thiazole rings is 1. The SMILES string of the molecule is O=S(=O)(c1ccccc1F)N(Cl)c1cscn1. The van der Waals surface area contributed by atoms with Crippen molar-refractivity contribution in [3.63, 3.8) is 0 Å². The van der Waals surface area contributed by atoms with Crippen molar-refractivity contribution in [3.05, 3.63) is 41.0 Å². The van der Waals surface area contributed by atoms with Crippen molar-refractivity contribution in [1.82, 2.24) is 4.98 Å². The van der Waals surface area contributed by atoms with Crippen LogP contribution < -0.4 is 3.82 Å². The Balaban J connectivity index is 2.48. The fourth-order valence-corrected chi connectivity index (χ4v) is 3.20. The highest BCUT2D eigenvalue weighted by atomic mass is 35.5. The van der Waals surface area contributed by atoms with Gasteiger partial charge in [-0.15, -0.1) is 11.3 Å². The number of hydrogen-bond donors (Lipinski definition) is 0. The van der Waals surface area contributed by atoms with Crippen LogP contribution in [0.5, 0.6) is 0 Å². The van der Waals surface area contributed by atoms with E-state index in [2.05, 4.69) is 4.98 Å². The molecule has 0 radical (unpaired) electrons. The molecule has 90 valence electrons. The topological polar surface area (TPSA) is 50.3 Å². The number of hydrogen-bond acceptors (Lipinski definition) is 4. The van der Waals surface area contributed by atoms with Crippen molar-refractivity contribution in [2.24, 2.45) is 0 Å². The van der Waals surface area contributed by atoms with Crippen LogP contribution in [0.3, 0.4) is 0 Å². The van der Waals surface area contributed by atoms with Gasteiger partial charge in [0, 0.05) is 17.2 Å². The van der Waals surface area contributed by atoms with E-state index in [1.54, 1.807) is 0 Å². The van der Waals surface area contributed by atoms with Gasteiger partial charge < -0.3 is 0 Å². The monoisotopic (exact) mass is 292 g/mol. The van der Waals surface area contributed by atoms with E-state index in [1.165, 1.54) is 34.4 Å². The highest BCUT2D eigenvalue weighted by molar-refractivity contribution is 7.94. The molecule has 0 N–H and O–H groups in total. The summed E-state index contributed by atoms with van der Waals surface area (Å²) < 4.78 is 37.8. The Morgan fingerprint density at radius 2 is 2.06 bits per heavy atom. The zero-order chi connectivity index (χ0) is 12.5. The molecule has 8 heteroatoms. The first-order valence-corrected chi connectivity index (χ1v) is 7.09. The van der Waals surface area contributed by atoms with Gasteiger partial charge in [0.2, 0.25) is 0 Å². The van der Waals surface area contributed by atoms with Gasteiger partial charge in [0.05, 0.1) is 5.51 Å². The van der Waals surface area contributed by atoms with E-state index in [1.807, 2.05) is 0 Å². The number of anilines is 1. The summed E-state index contributed by atoms with van der Waals surface area (Å²) in [4.78, 5) is 3.27. The minimum absolute atomic E-state index is 0.0416. The summed E-state index contributed by atoms with van der Waals surface area (Å²) in [5.74, 6) is -0.812. The summed E-state index contributed by atoms with van der Waals surface area (Å²) in [6.07, 6.45) is 0. The zero-order valence-electron chi connectivity index (χ0n) is 8.25. The molecular formula is C9H6ClFN2O2S2. The Morgan fingerprint density at radius 3 is 2.65 bits per heavy atom. The van der Waals surface area contributed by atoms with Crippen LogP contribution in [0.4, 0.5) is 10.2 Å². The first kappa shape index (κ1) is 12.3. The van der Waals surface area contributed by atoms with Crippen molar-refractivity contribution in [3.8, 4) is 0 Å². The molecule has 2 aromatic rings. The van der Waals surface area contributed by atoms with E-state index in [9.17, 15) is 12.8 Å². The van der Waals surface area contributed by atoms with Crippen molar-refractivity contribution >= 4 is 39.0 Å². The molecule has 0 bridgehead atoms.